The van der Waals surface area contributed by atoms with Crippen LogP contribution < -0.4 is 5.32 Å². The van der Waals surface area contributed by atoms with E-state index in [1.54, 1.807) is 0 Å². The summed E-state index contributed by atoms with van der Waals surface area (Å²) in [6.07, 6.45) is 4.22. The second-order valence-electron chi connectivity index (χ2n) is 5.24. The lowest BCUT2D eigenvalue weighted by atomic mass is 9.95. The number of benzene rings is 2. The van der Waals surface area contributed by atoms with Crippen LogP contribution in [0.3, 0.4) is 0 Å². The number of hydrogen-bond acceptors (Lipinski definition) is 1. The molecular weight excluding hydrogens is 242 g/mol. The van der Waals surface area contributed by atoms with Gasteiger partial charge in [-0.25, -0.2) is 0 Å². The monoisotopic (exact) mass is 265 g/mol. The van der Waals surface area contributed by atoms with E-state index in [9.17, 15) is 0 Å². The van der Waals surface area contributed by atoms with Crippen molar-refractivity contribution in [2.45, 2.75) is 25.8 Å². The molecule has 2 aromatic rings. The molecule has 1 nitrogen and oxygen atoms in total. The molecule has 0 saturated heterocycles. The van der Waals surface area contributed by atoms with E-state index >= 15 is 0 Å². The molecule has 0 radical (unpaired) electrons. The molecule has 0 aromatic heterocycles. The van der Waals surface area contributed by atoms with E-state index in [1.807, 2.05) is 12.1 Å². The summed E-state index contributed by atoms with van der Waals surface area (Å²) in [4.78, 5) is 0. The molecule has 0 saturated carbocycles. The molecule has 0 fully saturated rings. The van der Waals surface area contributed by atoms with E-state index in [2.05, 4.69) is 73.4 Å². The highest BCUT2D eigenvalue weighted by atomic mass is 14.9. The number of aryl methyl sites for hydroxylation is 1. The quantitative estimate of drug-likeness (QED) is 0.700. The van der Waals surface area contributed by atoms with E-state index in [0.29, 0.717) is 12.0 Å². The maximum atomic E-state index is 3.94. The van der Waals surface area contributed by atoms with E-state index in [0.717, 1.165) is 12.8 Å². The Kier molecular flexibility index (Phi) is 5.43. The van der Waals surface area contributed by atoms with Crippen LogP contribution in [0.2, 0.25) is 0 Å². The summed E-state index contributed by atoms with van der Waals surface area (Å²) in [6, 6.07) is 21.5. The van der Waals surface area contributed by atoms with Gasteiger partial charge in [-0.3, -0.25) is 0 Å². The molecule has 0 bridgehead atoms. The van der Waals surface area contributed by atoms with Gasteiger partial charge in [0.05, 0.1) is 0 Å². The molecule has 2 unspecified atom stereocenters. The molecule has 0 amide bonds. The van der Waals surface area contributed by atoms with Crippen LogP contribution in [0.5, 0.6) is 0 Å². The third-order valence-electron chi connectivity index (χ3n) is 3.72. The molecule has 20 heavy (non-hydrogen) atoms. The minimum Gasteiger partial charge on any atom is -0.382 e. The van der Waals surface area contributed by atoms with Crippen LogP contribution in [0.25, 0.3) is 0 Å². The number of nitrogens with one attached hydrogen (secondary N) is 1. The van der Waals surface area contributed by atoms with Crippen molar-refractivity contribution in [3.63, 3.8) is 0 Å². The molecule has 0 aliphatic carbocycles. The Hall–Kier alpha value is -2.02. The Labute approximate surface area is 122 Å². The van der Waals surface area contributed by atoms with Crippen LogP contribution in [0.1, 0.15) is 18.9 Å². The second-order valence-corrected chi connectivity index (χ2v) is 5.24. The van der Waals surface area contributed by atoms with Crippen LogP contribution in [-0.2, 0) is 6.42 Å². The predicted molar refractivity (Wildman–Crippen MR) is 88.0 cm³/mol. The number of rotatable bonds is 7. The van der Waals surface area contributed by atoms with Gasteiger partial charge in [0, 0.05) is 11.7 Å². The first kappa shape index (κ1) is 14.4. The van der Waals surface area contributed by atoms with Crippen LogP contribution in [0.15, 0.2) is 73.3 Å². The normalized spacial score (nSPS) is 13.4. The van der Waals surface area contributed by atoms with Gasteiger partial charge in [0.1, 0.15) is 0 Å². The molecule has 2 rings (SSSR count). The number of anilines is 1. The average Bonchev–Trinajstić information content (AvgIpc) is 2.52. The van der Waals surface area contributed by atoms with Gasteiger partial charge in [0.15, 0.2) is 0 Å². The van der Waals surface area contributed by atoms with Crippen molar-refractivity contribution >= 4 is 5.69 Å². The molecule has 0 spiro atoms. The zero-order chi connectivity index (χ0) is 14.2. The first-order valence-corrected chi connectivity index (χ1v) is 7.27. The summed E-state index contributed by atoms with van der Waals surface area (Å²) in [5, 5.41) is 3.63. The van der Waals surface area contributed by atoms with Crippen molar-refractivity contribution < 1.29 is 0 Å². The summed E-state index contributed by atoms with van der Waals surface area (Å²) in [6.45, 7) is 6.16. The SMILES string of the molecule is C=CC(C)C(CCc1ccccc1)Nc1ccccc1. The minimum atomic E-state index is 0.412. The molecule has 0 aliphatic heterocycles. The average molecular weight is 265 g/mol. The van der Waals surface area contributed by atoms with Crippen LogP contribution >= 0.6 is 0 Å². The third-order valence-corrected chi connectivity index (χ3v) is 3.72. The van der Waals surface area contributed by atoms with Crippen molar-refractivity contribution in [3.8, 4) is 0 Å². The largest absolute Gasteiger partial charge is 0.382 e. The van der Waals surface area contributed by atoms with Gasteiger partial charge in [-0.05, 0) is 36.5 Å². The summed E-state index contributed by atoms with van der Waals surface area (Å²) in [7, 11) is 0. The first-order valence-electron chi connectivity index (χ1n) is 7.27. The van der Waals surface area contributed by atoms with Crippen molar-refractivity contribution in [1.29, 1.82) is 0 Å². The van der Waals surface area contributed by atoms with E-state index in [4.69, 9.17) is 0 Å². The van der Waals surface area contributed by atoms with Crippen molar-refractivity contribution in [2.24, 2.45) is 5.92 Å². The highest BCUT2D eigenvalue weighted by Gasteiger charge is 2.14. The van der Waals surface area contributed by atoms with Gasteiger partial charge >= 0.3 is 0 Å². The van der Waals surface area contributed by atoms with E-state index in [-0.39, 0.29) is 0 Å². The fourth-order valence-electron chi connectivity index (χ4n) is 2.35. The van der Waals surface area contributed by atoms with Gasteiger partial charge < -0.3 is 5.32 Å². The van der Waals surface area contributed by atoms with Crippen molar-refractivity contribution in [1.82, 2.24) is 0 Å². The molecule has 0 heterocycles. The van der Waals surface area contributed by atoms with Crippen LogP contribution in [0.4, 0.5) is 5.69 Å². The maximum absolute atomic E-state index is 3.94. The Morgan fingerprint density at radius 2 is 1.60 bits per heavy atom. The molecular formula is C19H23N. The van der Waals surface area contributed by atoms with Gasteiger partial charge in [0.25, 0.3) is 0 Å². The second kappa shape index (κ2) is 7.54. The minimum absolute atomic E-state index is 0.412. The number of hydrogen-bond donors (Lipinski definition) is 1. The lowest BCUT2D eigenvalue weighted by Crippen LogP contribution is -2.26. The topological polar surface area (TPSA) is 12.0 Å². The summed E-state index contributed by atoms with van der Waals surface area (Å²) in [5.41, 5.74) is 2.57. The fourth-order valence-corrected chi connectivity index (χ4v) is 2.35. The first-order chi connectivity index (χ1) is 9.79. The van der Waals surface area contributed by atoms with Gasteiger partial charge in [0.2, 0.25) is 0 Å². The van der Waals surface area contributed by atoms with E-state index in [1.165, 1.54) is 11.3 Å². The lowest BCUT2D eigenvalue weighted by Gasteiger charge is -2.24. The number of para-hydroxylation sites is 1. The zero-order valence-corrected chi connectivity index (χ0v) is 12.1. The standard InChI is InChI=1S/C19H23N/c1-3-16(2)19(20-18-12-8-5-9-13-18)15-14-17-10-6-4-7-11-17/h3-13,16,19-20H,1,14-15H2,2H3. The molecule has 2 atom stereocenters. The van der Waals surface area contributed by atoms with Crippen LogP contribution in [0, 0.1) is 5.92 Å². The molecule has 0 aliphatic rings. The predicted octanol–water partition coefficient (Wildman–Crippen LogP) is 4.92. The lowest BCUT2D eigenvalue weighted by molar-refractivity contribution is 0.537. The maximum Gasteiger partial charge on any atom is 0.0342 e. The molecule has 1 N–H and O–H groups in total. The zero-order valence-electron chi connectivity index (χ0n) is 12.1. The highest BCUT2D eigenvalue weighted by molar-refractivity contribution is 5.43. The van der Waals surface area contributed by atoms with E-state index < -0.39 is 0 Å². The molecule has 1 heteroatoms. The fraction of sp³-hybridized carbons (Fsp3) is 0.263. The van der Waals surface area contributed by atoms with Crippen LogP contribution in [-0.4, -0.2) is 6.04 Å². The summed E-state index contributed by atoms with van der Waals surface area (Å²) >= 11 is 0. The highest BCUT2D eigenvalue weighted by Crippen LogP contribution is 2.18. The Morgan fingerprint density at radius 3 is 2.20 bits per heavy atom. The summed E-state index contributed by atoms with van der Waals surface area (Å²) in [5.74, 6) is 0.443. The van der Waals surface area contributed by atoms with Gasteiger partial charge in [-0.2, -0.15) is 0 Å². The van der Waals surface area contributed by atoms with Crippen molar-refractivity contribution in [3.05, 3.63) is 78.9 Å². The third kappa shape index (κ3) is 4.27. The Morgan fingerprint density at radius 1 is 1.00 bits per heavy atom. The van der Waals surface area contributed by atoms with Crippen molar-refractivity contribution in [2.75, 3.05) is 5.32 Å². The molecule has 2 aromatic carbocycles. The Balaban J connectivity index is 1.99. The Bertz CT molecular complexity index is 504. The summed E-state index contributed by atoms with van der Waals surface area (Å²) < 4.78 is 0. The van der Waals surface area contributed by atoms with Gasteiger partial charge in [-0.15, -0.1) is 6.58 Å². The van der Waals surface area contributed by atoms with Gasteiger partial charge in [-0.1, -0.05) is 61.5 Å². The molecule has 104 valence electrons. The smallest absolute Gasteiger partial charge is 0.0342 e.